The summed E-state index contributed by atoms with van der Waals surface area (Å²) in [6.45, 7) is 13.9. The molecule has 18 nitrogen and oxygen atoms in total. The molecule has 15 saturated heterocycles. The first-order valence-electron chi connectivity index (χ1n) is 29.5. The Morgan fingerprint density at radius 3 is 2.16 bits per heavy atom. The van der Waals surface area contributed by atoms with E-state index in [0.29, 0.717) is 90.0 Å². The van der Waals surface area contributed by atoms with Crippen LogP contribution in [-0.2, 0) is 71.1 Å². The van der Waals surface area contributed by atoms with Crippen molar-refractivity contribution in [3.63, 3.8) is 0 Å². The molecule has 0 aliphatic carbocycles. The van der Waals surface area contributed by atoms with E-state index in [9.17, 15) is 15.0 Å². The van der Waals surface area contributed by atoms with Crippen molar-refractivity contribution in [2.45, 2.75) is 291 Å². The van der Waals surface area contributed by atoms with E-state index in [1.165, 1.54) is 0 Å². The van der Waals surface area contributed by atoms with E-state index in [1.54, 1.807) is 0 Å². The Morgan fingerprint density at radius 1 is 0.592 bits per heavy atom. The fraction of sp³-hybridized carbons (Fsp3) is 0.912. The third-order valence-corrected chi connectivity index (χ3v) is 22.2. The van der Waals surface area contributed by atoms with E-state index in [0.717, 1.165) is 43.3 Å². The molecule has 10 bridgehead atoms. The fourth-order valence-electron chi connectivity index (χ4n) is 16.9. The van der Waals surface area contributed by atoms with Crippen LogP contribution in [0.2, 0.25) is 0 Å². The molecule has 0 radical (unpaired) electrons. The van der Waals surface area contributed by atoms with Gasteiger partial charge in [0.05, 0.1) is 139 Å². The Bertz CT molecular complexity index is 2210. The summed E-state index contributed by atoms with van der Waals surface area (Å²) in [6.07, 6.45) is 5.59. The van der Waals surface area contributed by atoms with E-state index in [2.05, 4.69) is 49.6 Å². The lowest BCUT2D eigenvalue weighted by atomic mass is 9.79. The Balaban J connectivity index is 0.680. The van der Waals surface area contributed by atoms with E-state index in [4.69, 9.17) is 72.0 Å². The number of carbonyl (C=O) groups excluding carboxylic acids is 1. The normalized spacial score (nSPS) is 56.7. The topological polar surface area (TPSA) is 213 Å². The number of aliphatic hydroxyl groups excluding tert-OH is 2. The van der Waals surface area contributed by atoms with Gasteiger partial charge in [0.2, 0.25) is 0 Å². The number of aliphatic hydroxyl groups is 2. The summed E-state index contributed by atoms with van der Waals surface area (Å²) in [5.41, 5.74) is 7.97. The maximum Gasteiger partial charge on any atom is 0.308 e. The van der Waals surface area contributed by atoms with Crippen LogP contribution in [0.5, 0.6) is 0 Å². The number of fused-ring (bicyclic) bond motifs is 10. The molecule has 4 N–H and O–H groups in total. The fourth-order valence-corrected chi connectivity index (χ4v) is 18.1. The van der Waals surface area contributed by atoms with E-state index in [-0.39, 0.29) is 144 Å². The number of halogens is 1. The first-order valence-corrected chi connectivity index (χ1v) is 30.7. The van der Waals surface area contributed by atoms with Gasteiger partial charge < -0.3 is 82.3 Å². The molecule has 15 heterocycles. The maximum absolute atomic E-state index is 14.4. The molecule has 0 aromatic heterocycles. The molecule has 0 aromatic rings. The first-order chi connectivity index (χ1) is 36.7. The molecule has 15 fully saturated rings. The van der Waals surface area contributed by atoms with Crippen LogP contribution < -0.4 is 5.73 Å². The quantitative estimate of drug-likeness (QED) is 0.142. The van der Waals surface area contributed by atoms with Gasteiger partial charge in [-0.15, -0.1) is 0 Å². The molecule has 424 valence electrons. The van der Waals surface area contributed by atoms with Crippen LogP contribution >= 0.6 is 22.6 Å². The molecule has 0 aromatic carbocycles. The van der Waals surface area contributed by atoms with Crippen molar-refractivity contribution in [1.82, 2.24) is 0 Å². The summed E-state index contributed by atoms with van der Waals surface area (Å²) in [4.78, 5) is 14.4. The SMILES string of the molecule is C=C1C[C@@H]2CC[C@@]34OC(C3CO)[C@@H]3O[C@H]5CC[C@H](CC(=O)O[C@@H]6CC7OC8C[C@]9(C[C@@H]%10O[C@@]%11(CC[C@@H]%10O9)C[C@H](C)[C@@H]9O[C@H](CCN)[C@H](O)C[C@@H]9O%11)O[C@@H]8C[C@@H]7O[C@H]6C[C@H]6O[C@@H](CC[C@@H]1O2)C[C@@H](C)C6=C)O[C@@H]5[C@H](O4)[C@@H]3I. The van der Waals surface area contributed by atoms with Gasteiger partial charge in [0.25, 0.3) is 0 Å². The second kappa shape index (κ2) is 20.4. The third kappa shape index (κ3) is 9.38. The zero-order chi connectivity index (χ0) is 52.0. The predicted octanol–water partition coefficient (Wildman–Crippen LogP) is 5.29. The predicted molar refractivity (Wildman–Crippen MR) is 276 cm³/mol. The molecule has 76 heavy (non-hydrogen) atoms. The average Bonchev–Trinajstić information content (AvgIpc) is 4.04. The minimum atomic E-state index is -0.986. The number of hydrogen-bond acceptors (Lipinski definition) is 18. The highest BCUT2D eigenvalue weighted by Gasteiger charge is 2.69. The minimum absolute atomic E-state index is 0.0210. The molecular weight excluding hydrogens is 1100 g/mol. The highest BCUT2D eigenvalue weighted by molar-refractivity contribution is 14.1. The number of hydrogen-bond donors (Lipinski definition) is 3. The third-order valence-electron chi connectivity index (χ3n) is 20.8. The number of nitrogens with two attached hydrogens (primary N) is 1. The average molecular weight is 1180 g/mol. The lowest BCUT2D eigenvalue weighted by Gasteiger charge is -2.53. The van der Waals surface area contributed by atoms with Crippen molar-refractivity contribution in [3.8, 4) is 0 Å². The van der Waals surface area contributed by atoms with Gasteiger partial charge >= 0.3 is 5.97 Å². The molecular formula is C57H82INO17. The molecule has 0 amide bonds. The second-order valence-corrected chi connectivity index (χ2v) is 27.2. The molecule has 15 rings (SSSR count). The zero-order valence-corrected chi connectivity index (χ0v) is 46.4. The summed E-state index contributed by atoms with van der Waals surface area (Å²) in [5, 5.41) is 21.8. The highest BCUT2D eigenvalue weighted by atomic mass is 127. The molecule has 3 spiro atoms. The monoisotopic (exact) mass is 1180 g/mol. The van der Waals surface area contributed by atoms with Gasteiger partial charge in [-0.2, -0.15) is 0 Å². The first kappa shape index (κ1) is 53.1. The minimum Gasteiger partial charge on any atom is -0.459 e. The van der Waals surface area contributed by atoms with Crippen molar-refractivity contribution in [3.05, 3.63) is 24.3 Å². The Labute approximate surface area is 460 Å². The molecule has 29 atom stereocenters. The second-order valence-electron chi connectivity index (χ2n) is 25.8. The molecule has 15 aliphatic rings. The van der Waals surface area contributed by atoms with Crippen LogP contribution in [0.4, 0.5) is 0 Å². The lowest BCUT2D eigenvalue weighted by Crippen LogP contribution is -2.65. The largest absolute Gasteiger partial charge is 0.459 e. The number of esters is 1. The molecule has 19 heteroatoms. The number of alkyl halides is 1. The van der Waals surface area contributed by atoms with E-state index >= 15 is 0 Å². The van der Waals surface area contributed by atoms with Gasteiger partial charge in [-0.25, -0.2) is 0 Å². The maximum atomic E-state index is 14.4. The highest BCUT2D eigenvalue weighted by Crippen LogP contribution is 2.57. The Hall–Kier alpha value is -0.960. The summed E-state index contributed by atoms with van der Waals surface area (Å²) >= 11 is 2.42. The van der Waals surface area contributed by atoms with Gasteiger partial charge in [-0.3, -0.25) is 4.79 Å². The number of ether oxygens (including phenoxy) is 14. The number of carbonyl (C=O) groups is 1. The zero-order valence-electron chi connectivity index (χ0n) is 44.2. The van der Waals surface area contributed by atoms with Gasteiger partial charge in [0, 0.05) is 57.8 Å². The van der Waals surface area contributed by atoms with Crippen LogP contribution in [0.25, 0.3) is 0 Å². The van der Waals surface area contributed by atoms with Gasteiger partial charge in [0.15, 0.2) is 17.4 Å². The van der Waals surface area contributed by atoms with E-state index < -0.39 is 47.9 Å². The van der Waals surface area contributed by atoms with Crippen LogP contribution in [0.15, 0.2) is 24.3 Å². The molecule has 0 saturated carbocycles. The van der Waals surface area contributed by atoms with Crippen LogP contribution in [0.3, 0.4) is 0 Å². The van der Waals surface area contributed by atoms with Crippen molar-refractivity contribution in [2.24, 2.45) is 23.5 Å². The lowest BCUT2D eigenvalue weighted by molar-refractivity contribution is -0.396. The van der Waals surface area contributed by atoms with Crippen molar-refractivity contribution < 1.29 is 81.3 Å². The summed E-state index contributed by atoms with van der Waals surface area (Å²) in [5.74, 6) is -2.82. The van der Waals surface area contributed by atoms with Crippen LogP contribution in [-0.4, -0.2) is 185 Å². The van der Waals surface area contributed by atoms with Gasteiger partial charge in [0.1, 0.15) is 18.3 Å². The van der Waals surface area contributed by atoms with Crippen molar-refractivity contribution in [1.29, 1.82) is 0 Å². The number of rotatable bonds is 3. The van der Waals surface area contributed by atoms with Crippen molar-refractivity contribution >= 4 is 28.6 Å². The van der Waals surface area contributed by atoms with Gasteiger partial charge in [-0.05, 0) is 87.3 Å². The van der Waals surface area contributed by atoms with Gasteiger partial charge in [-0.1, -0.05) is 49.6 Å². The van der Waals surface area contributed by atoms with Crippen LogP contribution in [0, 0.1) is 17.8 Å². The van der Waals surface area contributed by atoms with Crippen molar-refractivity contribution in [2.75, 3.05) is 13.2 Å². The Kier molecular flexibility index (Phi) is 14.3. The summed E-state index contributed by atoms with van der Waals surface area (Å²) < 4.78 is 95.8. The smallest absolute Gasteiger partial charge is 0.308 e. The van der Waals surface area contributed by atoms with Crippen LogP contribution in [0.1, 0.15) is 136 Å². The van der Waals surface area contributed by atoms with E-state index in [1.807, 2.05) is 0 Å². The summed E-state index contributed by atoms with van der Waals surface area (Å²) in [7, 11) is 0. The molecule has 15 aliphatic heterocycles. The summed E-state index contributed by atoms with van der Waals surface area (Å²) in [6, 6.07) is 0. The Morgan fingerprint density at radius 2 is 1.32 bits per heavy atom. The molecule has 4 unspecified atom stereocenters. The standard InChI is InChI=1S/C57H82INO17/c1-26-15-30-5-7-35-27(2)16-32(63-35)9-13-57-33(25-60)51(75-57)53-49(58)54(76-57)52-38(70-53)8-6-31(65-52)17-48(62)68-43-20-41-42(66-40(43)19-39(64-30)29(26)4)21-44-46(67-41)23-56(72-44)24-47-37(71-56)10-12-55(74-47)22-28(3)50-45(73-55)18-34(61)36(69-50)11-14-59/h26,28,30-47,49-54,60-61H,2,4-25,59H2,1,3H3/t26-,28+,30+,31-,32+,33?,34-,35+,36-,37+,38+,39-,40+,41?,42+,43-,44-,45+,46?,47+,49-,50+,51?,52+,53-,54-,55+,56-,57+/m1/s1.